The normalized spacial score (nSPS) is 26.9. The maximum absolute atomic E-state index is 14.5. The molecule has 15 heteroatoms. The number of hydrogen-bond donors (Lipinski definition) is 1. The third-order valence-electron chi connectivity index (χ3n) is 11.8. The molecule has 14 nitrogen and oxygen atoms in total. The Bertz CT molecular complexity index is 1810. The van der Waals surface area contributed by atoms with E-state index in [9.17, 15) is 32.4 Å². The van der Waals surface area contributed by atoms with Crippen molar-refractivity contribution in [2.45, 2.75) is 122 Å². The van der Waals surface area contributed by atoms with Crippen LogP contribution in [0.15, 0.2) is 24.8 Å². The van der Waals surface area contributed by atoms with Crippen LogP contribution < -0.4 is 14.2 Å². The van der Waals surface area contributed by atoms with Gasteiger partial charge in [0, 0.05) is 24.9 Å². The molecule has 6 aliphatic rings. The number of likely N-dealkylation sites (tertiary alicyclic amines) is 1. The molecule has 0 aromatic heterocycles. The Kier molecular flexibility index (Phi) is 9.77. The lowest BCUT2D eigenvalue weighted by atomic mass is 9.77. The molecule has 1 saturated heterocycles. The number of ketones is 1. The van der Waals surface area contributed by atoms with Gasteiger partial charge in [-0.1, -0.05) is 32.9 Å². The van der Waals surface area contributed by atoms with E-state index < -0.39 is 79.7 Å². The first kappa shape index (κ1) is 37.2. The van der Waals surface area contributed by atoms with Gasteiger partial charge in [0.05, 0.1) is 42.1 Å². The zero-order valence-corrected chi connectivity index (χ0v) is 31.4. The molecule has 3 saturated carbocycles. The van der Waals surface area contributed by atoms with Crippen LogP contribution in [0.2, 0.25) is 0 Å². The quantitative estimate of drug-likeness (QED) is 0.240. The third kappa shape index (κ3) is 7.50. The maximum Gasteiger partial charge on any atom is 0.410 e. The molecular formula is C38H49N3O11S. The Hall–Kier alpha value is -4.14. The van der Waals surface area contributed by atoms with E-state index >= 15 is 0 Å². The minimum Gasteiger partial charge on any atom is -0.462 e. The number of allylic oxidation sites excluding steroid dienone is 1. The summed E-state index contributed by atoms with van der Waals surface area (Å²) in [5, 5.41) is -0.626. The van der Waals surface area contributed by atoms with Crippen LogP contribution in [-0.4, -0.2) is 84.7 Å². The zero-order chi connectivity index (χ0) is 37.9. The summed E-state index contributed by atoms with van der Waals surface area (Å²) in [6.07, 6.45) is 4.02. The molecule has 53 heavy (non-hydrogen) atoms. The number of Topliss-reactive ketones (excluding diaryl/α,β-unsaturated/α-hetero) is 1. The molecule has 0 radical (unpaired) electrons. The van der Waals surface area contributed by atoms with E-state index in [0.29, 0.717) is 24.3 Å². The summed E-state index contributed by atoms with van der Waals surface area (Å²) in [6.45, 7) is 9.84. The van der Waals surface area contributed by atoms with Crippen molar-refractivity contribution in [1.29, 1.82) is 0 Å². The van der Waals surface area contributed by atoms with Crippen molar-refractivity contribution in [2.24, 2.45) is 22.7 Å². The lowest BCUT2D eigenvalue weighted by Crippen LogP contribution is -2.48. The lowest BCUT2D eigenvalue weighted by molar-refractivity contribution is -0.156. The number of hydrogen-bond acceptors (Lipinski definition) is 11. The number of fused-ring (bicyclic) bond motifs is 3. The summed E-state index contributed by atoms with van der Waals surface area (Å²) < 4.78 is 50.4. The molecule has 1 aromatic carbocycles. The van der Waals surface area contributed by atoms with E-state index in [2.05, 4.69) is 11.3 Å². The van der Waals surface area contributed by atoms with Crippen molar-refractivity contribution >= 4 is 39.7 Å². The van der Waals surface area contributed by atoms with Crippen LogP contribution in [0.4, 0.5) is 4.79 Å². The molecule has 1 aromatic rings. The fourth-order valence-corrected chi connectivity index (χ4v) is 9.69. The molecule has 3 aliphatic carbocycles. The Labute approximate surface area is 309 Å². The van der Waals surface area contributed by atoms with Crippen molar-refractivity contribution in [3.63, 3.8) is 0 Å². The predicted octanol–water partition coefficient (Wildman–Crippen LogP) is 4.14. The summed E-state index contributed by atoms with van der Waals surface area (Å²) in [5.74, 6) is -2.23. The largest absolute Gasteiger partial charge is 0.462 e. The van der Waals surface area contributed by atoms with Gasteiger partial charge in [-0.15, -0.1) is 6.58 Å². The van der Waals surface area contributed by atoms with Crippen LogP contribution in [0.1, 0.15) is 96.1 Å². The molecule has 3 heterocycles. The van der Waals surface area contributed by atoms with Gasteiger partial charge in [0.25, 0.3) is 0 Å². The van der Waals surface area contributed by atoms with Crippen LogP contribution >= 0.6 is 0 Å². The van der Waals surface area contributed by atoms with Crippen LogP contribution in [0.25, 0.3) is 0 Å². The molecule has 1 unspecified atom stereocenters. The maximum atomic E-state index is 14.5. The first-order valence-electron chi connectivity index (χ1n) is 18.7. The minimum atomic E-state index is -3.87. The molecule has 1 N–H and O–H groups in total. The highest BCUT2D eigenvalue weighted by Gasteiger charge is 2.61. The molecular weight excluding hydrogens is 706 g/mol. The second-order valence-electron chi connectivity index (χ2n) is 16.6. The average Bonchev–Trinajstić information content (AvgIpc) is 3.72. The number of benzene rings is 1. The molecule has 3 aliphatic heterocycles. The van der Waals surface area contributed by atoms with Crippen LogP contribution in [0.3, 0.4) is 0 Å². The number of rotatable bonds is 12. The Morgan fingerprint density at radius 1 is 1.04 bits per heavy atom. The lowest BCUT2D eigenvalue weighted by Gasteiger charge is -2.35. The molecule has 4 fully saturated rings. The number of amides is 3. The van der Waals surface area contributed by atoms with Crippen molar-refractivity contribution in [1.82, 2.24) is 14.5 Å². The summed E-state index contributed by atoms with van der Waals surface area (Å²) in [7, 11) is -3.87. The van der Waals surface area contributed by atoms with E-state index in [0.717, 1.165) is 36.8 Å². The molecule has 3 amide bonds. The van der Waals surface area contributed by atoms with Gasteiger partial charge in [-0.3, -0.25) is 28.8 Å². The molecule has 0 spiro atoms. The highest BCUT2D eigenvalue weighted by atomic mass is 32.2. The zero-order valence-electron chi connectivity index (χ0n) is 30.6. The van der Waals surface area contributed by atoms with Crippen molar-refractivity contribution in [3.05, 3.63) is 35.9 Å². The molecule has 288 valence electrons. The highest BCUT2D eigenvalue weighted by molar-refractivity contribution is 7.90. The molecule has 7 rings (SSSR count). The fraction of sp³-hybridized carbons (Fsp3) is 0.658. The summed E-state index contributed by atoms with van der Waals surface area (Å²) in [5.41, 5.74) is -0.302. The van der Waals surface area contributed by atoms with Crippen LogP contribution in [-0.2, 0) is 51.8 Å². The van der Waals surface area contributed by atoms with Crippen LogP contribution in [0, 0.1) is 22.7 Å². The van der Waals surface area contributed by atoms with Crippen molar-refractivity contribution < 1.29 is 51.3 Å². The van der Waals surface area contributed by atoms with Gasteiger partial charge in [0.2, 0.25) is 28.6 Å². The van der Waals surface area contributed by atoms with Gasteiger partial charge in [-0.25, -0.2) is 13.2 Å². The summed E-state index contributed by atoms with van der Waals surface area (Å²) in [4.78, 5) is 72.1. The fourth-order valence-electron chi connectivity index (χ4n) is 8.30. The second kappa shape index (κ2) is 13.9. The van der Waals surface area contributed by atoms with Crippen LogP contribution in [0.5, 0.6) is 11.5 Å². The monoisotopic (exact) mass is 755 g/mol. The predicted molar refractivity (Wildman–Crippen MR) is 189 cm³/mol. The topological polar surface area (TPSA) is 175 Å². The molecule has 0 bridgehead atoms. The first-order valence-corrected chi connectivity index (χ1v) is 20.2. The number of ether oxygens (including phenoxy) is 4. The number of sulfonamides is 1. The Morgan fingerprint density at radius 2 is 1.77 bits per heavy atom. The Balaban J connectivity index is 1.10. The van der Waals surface area contributed by atoms with E-state index in [1.54, 1.807) is 12.1 Å². The highest BCUT2D eigenvalue weighted by Crippen LogP contribution is 2.57. The van der Waals surface area contributed by atoms with Gasteiger partial charge in [0.1, 0.15) is 12.2 Å². The SMILES string of the molecule is C=C[C@H]1C[C@@]1(CC(=O)C1C[C@@H](OC(=O)N2Cc3ccc4c(c3C2)OCO4)CN1C(=O)[C@@H](CC(=O)OC1CCCC1)C(C)(C)C)C(=O)NS(=O)(=O)C1CC1. The van der Waals surface area contributed by atoms with E-state index in [4.69, 9.17) is 18.9 Å². The summed E-state index contributed by atoms with van der Waals surface area (Å²) >= 11 is 0. The number of nitrogens with one attached hydrogen (secondary N) is 1. The van der Waals surface area contributed by atoms with Crippen molar-refractivity contribution in [2.75, 3.05) is 13.3 Å². The second-order valence-corrected chi connectivity index (χ2v) is 18.5. The number of carbonyl (C=O) groups is 5. The smallest absolute Gasteiger partial charge is 0.410 e. The number of carbonyl (C=O) groups excluding carboxylic acids is 5. The van der Waals surface area contributed by atoms with E-state index in [1.807, 2.05) is 26.8 Å². The Morgan fingerprint density at radius 3 is 2.43 bits per heavy atom. The van der Waals surface area contributed by atoms with Gasteiger partial charge in [-0.05, 0) is 67.9 Å². The van der Waals surface area contributed by atoms with Gasteiger partial charge < -0.3 is 23.8 Å². The van der Waals surface area contributed by atoms with E-state index in [1.165, 1.54) is 9.80 Å². The molecule has 5 atom stereocenters. The van der Waals surface area contributed by atoms with Gasteiger partial charge in [0.15, 0.2) is 17.3 Å². The van der Waals surface area contributed by atoms with Gasteiger partial charge >= 0.3 is 12.1 Å². The summed E-state index contributed by atoms with van der Waals surface area (Å²) in [6, 6.07) is 2.59. The van der Waals surface area contributed by atoms with Crippen molar-refractivity contribution in [3.8, 4) is 11.5 Å². The van der Waals surface area contributed by atoms with E-state index in [-0.39, 0.29) is 58.2 Å². The first-order chi connectivity index (χ1) is 25.1. The third-order valence-corrected chi connectivity index (χ3v) is 13.6. The standard InChI is InChI=1S/C38H49N3O11S/c1-5-23-16-38(23,35(45)39-53(47,48)26-11-12-26)17-30(42)29-14-25(52-36(46)40-18-22-10-13-31-33(27(22)20-40)50-21-49-31)19-41(29)34(44)28(37(2,3)4)15-32(43)51-24-8-6-7-9-24/h5,10,13,23-26,28-29H,1,6-9,11-12,14-21H2,2-4H3,(H,39,45)/t23-,25+,28+,29?,38-/m0/s1. The average molecular weight is 756 g/mol. The number of esters is 1. The number of nitrogens with zero attached hydrogens (tertiary/aromatic N) is 2. The van der Waals surface area contributed by atoms with Gasteiger partial charge in [-0.2, -0.15) is 0 Å². The minimum absolute atomic E-state index is 0.0241.